The first-order valence-corrected chi connectivity index (χ1v) is 12.5. The number of carbonyl (C=O) groups excluding carboxylic acids is 4. The Morgan fingerprint density at radius 2 is 1.50 bits per heavy atom. The van der Waals surface area contributed by atoms with E-state index in [1.54, 1.807) is 0 Å². The summed E-state index contributed by atoms with van der Waals surface area (Å²) in [5.41, 5.74) is 8.41. The van der Waals surface area contributed by atoms with Crippen LogP contribution in [0.3, 0.4) is 0 Å². The predicted octanol–water partition coefficient (Wildman–Crippen LogP) is 2.68. The zero-order chi connectivity index (χ0) is 26.2. The standard InChI is InChI=1S/C28H36N4O4/c1-17(2)19-12-14-21(15-13-19)26(20-8-5-4-6-9-20)32-27(35)22-10-7-11-23(22)31-28(36)24(16-25(29)34)30-18(3)33/h4-6,8-9,12-15,17,22-24,26H,7,10-11,16H2,1-3H3,(H2,29,34)(H,30,33)(H,31,36)(H,32,35)/t22-,23+,24+,26+/m1/s1. The van der Waals surface area contributed by atoms with Gasteiger partial charge >= 0.3 is 0 Å². The normalized spacial score (nSPS) is 18.8. The van der Waals surface area contributed by atoms with Crippen LogP contribution in [-0.4, -0.2) is 35.7 Å². The van der Waals surface area contributed by atoms with E-state index in [-0.39, 0.29) is 18.4 Å². The maximum atomic E-state index is 13.5. The van der Waals surface area contributed by atoms with E-state index in [9.17, 15) is 19.2 Å². The summed E-state index contributed by atoms with van der Waals surface area (Å²) in [5, 5.41) is 8.54. The molecule has 1 fully saturated rings. The highest BCUT2D eigenvalue weighted by molar-refractivity contribution is 5.92. The van der Waals surface area contributed by atoms with E-state index in [4.69, 9.17) is 5.73 Å². The molecule has 0 bridgehead atoms. The zero-order valence-electron chi connectivity index (χ0n) is 21.1. The minimum Gasteiger partial charge on any atom is -0.370 e. The van der Waals surface area contributed by atoms with E-state index in [0.717, 1.165) is 17.5 Å². The van der Waals surface area contributed by atoms with Gasteiger partial charge in [-0.05, 0) is 35.4 Å². The molecule has 8 heteroatoms. The summed E-state index contributed by atoms with van der Waals surface area (Å²) in [6.45, 7) is 5.55. The Bertz CT molecular complexity index is 1050. The predicted molar refractivity (Wildman–Crippen MR) is 138 cm³/mol. The molecule has 0 saturated heterocycles. The summed E-state index contributed by atoms with van der Waals surface area (Å²) in [4.78, 5) is 49.2. The number of nitrogens with one attached hydrogen (secondary N) is 3. The largest absolute Gasteiger partial charge is 0.370 e. The minimum absolute atomic E-state index is 0.148. The molecule has 2 aromatic carbocycles. The molecule has 0 spiro atoms. The molecule has 36 heavy (non-hydrogen) atoms. The topological polar surface area (TPSA) is 130 Å². The Labute approximate surface area is 212 Å². The van der Waals surface area contributed by atoms with Gasteiger partial charge in [0.05, 0.1) is 18.4 Å². The third kappa shape index (κ3) is 7.16. The molecule has 4 amide bonds. The van der Waals surface area contributed by atoms with Crippen LogP contribution in [-0.2, 0) is 19.2 Å². The van der Waals surface area contributed by atoms with Crippen LogP contribution in [0.15, 0.2) is 54.6 Å². The molecular weight excluding hydrogens is 456 g/mol. The average Bonchev–Trinajstić information content (AvgIpc) is 3.30. The molecule has 0 unspecified atom stereocenters. The first kappa shape index (κ1) is 26.9. The van der Waals surface area contributed by atoms with Crippen LogP contribution in [0.1, 0.15) is 75.1 Å². The van der Waals surface area contributed by atoms with E-state index in [1.807, 2.05) is 42.5 Å². The summed E-state index contributed by atoms with van der Waals surface area (Å²) in [6.07, 6.45) is 1.73. The molecule has 5 N–H and O–H groups in total. The zero-order valence-corrected chi connectivity index (χ0v) is 21.1. The van der Waals surface area contributed by atoms with Crippen molar-refractivity contribution >= 4 is 23.6 Å². The van der Waals surface area contributed by atoms with Crippen molar-refractivity contribution in [2.24, 2.45) is 11.7 Å². The molecule has 192 valence electrons. The van der Waals surface area contributed by atoms with Gasteiger partial charge in [-0.1, -0.05) is 74.9 Å². The fraction of sp³-hybridized carbons (Fsp3) is 0.429. The van der Waals surface area contributed by atoms with Gasteiger partial charge in [-0.25, -0.2) is 0 Å². The molecule has 0 aliphatic heterocycles. The van der Waals surface area contributed by atoms with Crippen molar-refractivity contribution in [3.05, 3.63) is 71.3 Å². The fourth-order valence-electron chi connectivity index (χ4n) is 4.71. The number of hydrogen-bond donors (Lipinski definition) is 4. The Balaban J connectivity index is 1.76. The van der Waals surface area contributed by atoms with Crippen LogP contribution in [0.2, 0.25) is 0 Å². The maximum Gasteiger partial charge on any atom is 0.243 e. The Kier molecular flexibility index (Phi) is 9.22. The van der Waals surface area contributed by atoms with Crippen LogP contribution in [0.25, 0.3) is 0 Å². The average molecular weight is 493 g/mol. The first-order valence-electron chi connectivity index (χ1n) is 12.5. The van der Waals surface area contributed by atoms with E-state index in [1.165, 1.54) is 12.5 Å². The van der Waals surface area contributed by atoms with E-state index in [0.29, 0.717) is 18.8 Å². The lowest BCUT2D eigenvalue weighted by atomic mass is 9.94. The molecule has 3 rings (SSSR count). The Hall–Kier alpha value is -3.68. The molecule has 1 aliphatic rings. The summed E-state index contributed by atoms with van der Waals surface area (Å²) in [6, 6.07) is 16.2. The van der Waals surface area contributed by atoms with E-state index < -0.39 is 35.7 Å². The van der Waals surface area contributed by atoms with Crippen molar-refractivity contribution in [1.29, 1.82) is 0 Å². The minimum atomic E-state index is -1.07. The molecule has 8 nitrogen and oxygen atoms in total. The third-order valence-corrected chi connectivity index (χ3v) is 6.64. The number of carbonyl (C=O) groups is 4. The first-order chi connectivity index (χ1) is 17.2. The van der Waals surface area contributed by atoms with Gasteiger partial charge in [0.1, 0.15) is 6.04 Å². The van der Waals surface area contributed by atoms with Gasteiger partial charge in [-0.15, -0.1) is 0 Å². The molecule has 4 atom stereocenters. The summed E-state index contributed by atoms with van der Waals surface area (Å²) in [5.74, 6) is -1.82. The van der Waals surface area contributed by atoms with Gasteiger partial charge in [0.25, 0.3) is 0 Å². The van der Waals surface area contributed by atoms with Gasteiger partial charge in [0.15, 0.2) is 0 Å². The number of primary amides is 1. The van der Waals surface area contributed by atoms with Crippen LogP contribution in [0.4, 0.5) is 0 Å². The molecule has 2 aromatic rings. The van der Waals surface area contributed by atoms with Gasteiger partial charge < -0.3 is 21.7 Å². The van der Waals surface area contributed by atoms with Crippen molar-refractivity contribution in [3.63, 3.8) is 0 Å². The van der Waals surface area contributed by atoms with Gasteiger partial charge in [0, 0.05) is 13.0 Å². The SMILES string of the molecule is CC(=O)N[C@@H](CC(N)=O)C(=O)N[C@H]1CCC[C@H]1C(=O)N[C@@H](c1ccccc1)c1ccc(C(C)C)cc1. The fourth-order valence-corrected chi connectivity index (χ4v) is 4.71. The molecule has 1 saturated carbocycles. The second kappa shape index (κ2) is 12.3. The molecule has 1 aliphatic carbocycles. The third-order valence-electron chi connectivity index (χ3n) is 6.64. The Morgan fingerprint density at radius 1 is 0.889 bits per heavy atom. The number of benzene rings is 2. The number of amides is 4. The number of rotatable bonds is 10. The van der Waals surface area contributed by atoms with Crippen molar-refractivity contribution in [3.8, 4) is 0 Å². The van der Waals surface area contributed by atoms with Crippen molar-refractivity contribution < 1.29 is 19.2 Å². The lowest BCUT2D eigenvalue weighted by molar-refractivity contribution is -0.132. The Morgan fingerprint density at radius 3 is 2.08 bits per heavy atom. The van der Waals surface area contributed by atoms with Gasteiger partial charge in [-0.3, -0.25) is 19.2 Å². The van der Waals surface area contributed by atoms with Crippen molar-refractivity contribution in [2.45, 2.75) is 70.5 Å². The highest BCUT2D eigenvalue weighted by Crippen LogP contribution is 2.29. The van der Waals surface area contributed by atoms with Crippen LogP contribution < -0.4 is 21.7 Å². The van der Waals surface area contributed by atoms with Crippen LogP contribution in [0.5, 0.6) is 0 Å². The molecule has 0 aromatic heterocycles. The number of nitrogens with two attached hydrogens (primary N) is 1. The van der Waals surface area contributed by atoms with E-state index >= 15 is 0 Å². The lowest BCUT2D eigenvalue weighted by Gasteiger charge is -2.26. The molecular formula is C28H36N4O4. The number of hydrogen-bond acceptors (Lipinski definition) is 4. The van der Waals surface area contributed by atoms with Crippen molar-refractivity contribution in [2.75, 3.05) is 0 Å². The van der Waals surface area contributed by atoms with Crippen molar-refractivity contribution in [1.82, 2.24) is 16.0 Å². The van der Waals surface area contributed by atoms with E-state index in [2.05, 4.69) is 41.9 Å². The van der Waals surface area contributed by atoms with Gasteiger partial charge in [-0.2, -0.15) is 0 Å². The second-order valence-corrected chi connectivity index (χ2v) is 9.75. The summed E-state index contributed by atoms with van der Waals surface area (Å²) >= 11 is 0. The van der Waals surface area contributed by atoms with Crippen LogP contribution in [0, 0.1) is 5.92 Å². The second-order valence-electron chi connectivity index (χ2n) is 9.75. The maximum absolute atomic E-state index is 13.5. The highest BCUT2D eigenvalue weighted by atomic mass is 16.2. The summed E-state index contributed by atoms with van der Waals surface area (Å²) < 4.78 is 0. The monoisotopic (exact) mass is 492 g/mol. The smallest absolute Gasteiger partial charge is 0.243 e. The summed E-state index contributed by atoms with van der Waals surface area (Å²) in [7, 11) is 0. The quantitative estimate of drug-likeness (QED) is 0.406. The molecule has 0 radical (unpaired) electrons. The van der Waals surface area contributed by atoms with Gasteiger partial charge in [0.2, 0.25) is 23.6 Å². The highest BCUT2D eigenvalue weighted by Gasteiger charge is 2.36. The van der Waals surface area contributed by atoms with Crippen LogP contribution >= 0.6 is 0 Å². The lowest BCUT2D eigenvalue weighted by Crippen LogP contribution is -2.53. The molecule has 0 heterocycles.